The molecule has 0 saturated heterocycles. The van der Waals surface area contributed by atoms with E-state index in [9.17, 15) is 0 Å². The summed E-state index contributed by atoms with van der Waals surface area (Å²) < 4.78 is 0. The molecule has 0 aromatic heterocycles. The summed E-state index contributed by atoms with van der Waals surface area (Å²) in [5.41, 5.74) is 0. The van der Waals surface area contributed by atoms with E-state index >= 15 is 0 Å². The Bertz CT molecular complexity index is 92.6. The van der Waals surface area contributed by atoms with E-state index in [4.69, 9.17) is 0 Å². The summed E-state index contributed by atoms with van der Waals surface area (Å²) in [7, 11) is 0. The lowest BCUT2D eigenvalue weighted by atomic mass is 9.89. The van der Waals surface area contributed by atoms with Crippen LogP contribution < -0.4 is 0 Å². The summed E-state index contributed by atoms with van der Waals surface area (Å²) >= 11 is 0. The van der Waals surface area contributed by atoms with Crippen LogP contribution in [0.5, 0.6) is 0 Å². The molecule has 0 heteroatoms. The van der Waals surface area contributed by atoms with Crippen molar-refractivity contribution in [2.75, 3.05) is 0 Å². The van der Waals surface area contributed by atoms with Crippen molar-refractivity contribution in [1.82, 2.24) is 0 Å². The fourth-order valence-electron chi connectivity index (χ4n) is 1.98. The third-order valence-electron chi connectivity index (χ3n) is 3.42. The molecule has 0 radical (unpaired) electrons. The van der Waals surface area contributed by atoms with Crippen LogP contribution in [0.15, 0.2) is 0 Å². The highest BCUT2D eigenvalue weighted by atomic mass is 14.1. The molecule has 0 aromatic rings. The van der Waals surface area contributed by atoms with Crippen LogP contribution in [0, 0.1) is 11.8 Å². The maximum atomic E-state index is 2.38. The van der Waals surface area contributed by atoms with Crippen LogP contribution in [-0.2, 0) is 0 Å². The first kappa shape index (κ1) is 18.4. The van der Waals surface area contributed by atoms with E-state index in [2.05, 4.69) is 41.5 Å². The van der Waals surface area contributed by atoms with Crippen molar-refractivity contribution in [1.29, 1.82) is 0 Å². The predicted molar refractivity (Wildman–Crippen MR) is 78.0 cm³/mol. The van der Waals surface area contributed by atoms with E-state index in [1.165, 1.54) is 51.4 Å². The second kappa shape index (κ2) is 15.0. The van der Waals surface area contributed by atoms with Crippen molar-refractivity contribution in [2.45, 2.75) is 92.9 Å². The zero-order valence-electron chi connectivity index (χ0n) is 12.8. The van der Waals surface area contributed by atoms with Crippen molar-refractivity contribution in [3.8, 4) is 0 Å². The van der Waals surface area contributed by atoms with Gasteiger partial charge in [-0.2, -0.15) is 0 Å². The van der Waals surface area contributed by atoms with Gasteiger partial charge in [0.05, 0.1) is 0 Å². The minimum atomic E-state index is 0.935. The molecule has 0 spiro atoms. The molecular formula is C16H36. The highest BCUT2D eigenvalue weighted by Gasteiger charge is 2.08. The number of hydrogen-bond donors (Lipinski definition) is 0. The molecule has 0 aliphatic rings. The van der Waals surface area contributed by atoms with Gasteiger partial charge >= 0.3 is 0 Å². The largest absolute Gasteiger partial charge is 0.0654 e. The van der Waals surface area contributed by atoms with E-state index in [0.717, 1.165) is 11.8 Å². The van der Waals surface area contributed by atoms with Gasteiger partial charge in [0.25, 0.3) is 0 Å². The lowest BCUT2D eigenvalue weighted by Crippen LogP contribution is -2.06. The van der Waals surface area contributed by atoms with Gasteiger partial charge in [0.1, 0.15) is 0 Å². The molecule has 0 rings (SSSR count). The average molecular weight is 228 g/mol. The monoisotopic (exact) mass is 228 g/mol. The van der Waals surface area contributed by atoms with Gasteiger partial charge in [0.15, 0.2) is 0 Å². The Hall–Kier alpha value is 0. The highest BCUT2D eigenvalue weighted by molar-refractivity contribution is 4.60. The third-order valence-corrected chi connectivity index (χ3v) is 3.42. The Labute approximate surface area is 105 Å². The van der Waals surface area contributed by atoms with E-state index in [-0.39, 0.29) is 0 Å². The summed E-state index contributed by atoms with van der Waals surface area (Å²) in [5, 5.41) is 0. The molecule has 0 heterocycles. The highest BCUT2D eigenvalue weighted by Crippen LogP contribution is 2.20. The van der Waals surface area contributed by atoms with Crippen LogP contribution in [0.3, 0.4) is 0 Å². The minimum Gasteiger partial charge on any atom is -0.0654 e. The molecule has 0 bridgehead atoms. The molecule has 0 aliphatic carbocycles. The maximum Gasteiger partial charge on any atom is -0.0417 e. The first-order valence-corrected chi connectivity index (χ1v) is 7.63. The minimum absolute atomic E-state index is 0.935. The second-order valence-electron chi connectivity index (χ2n) is 5.24. The molecule has 0 aliphatic heterocycles. The lowest BCUT2D eigenvalue weighted by Gasteiger charge is -2.17. The Morgan fingerprint density at radius 2 is 0.875 bits per heavy atom. The Morgan fingerprint density at radius 1 is 0.562 bits per heavy atom. The van der Waals surface area contributed by atoms with E-state index in [1.807, 2.05) is 0 Å². The normalized spacial score (nSPS) is 13.9. The summed E-state index contributed by atoms with van der Waals surface area (Å²) in [6, 6.07) is 0. The van der Waals surface area contributed by atoms with Crippen LogP contribution >= 0.6 is 0 Å². The maximum absolute atomic E-state index is 2.38. The molecule has 0 fully saturated rings. The summed E-state index contributed by atoms with van der Waals surface area (Å²) in [6.45, 7) is 13.8. The fraction of sp³-hybridized carbons (Fsp3) is 1.00. The van der Waals surface area contributed by atoms with Gasteiger partial charge in [-0.05, 0) is 11.8 Å². The second-order valence-corrected chi connectivity index (χ2v) is 5.24. The van der Waals surface area contributed by atoms with E-state index in [1.54, 1.807) is 0 Å². The molecule has 2 unspecified atom stereocenters. The number of rotatable bonds is 8. The number of hydrogen-bond acceptors (Lipinski definition) is 0. The average Bonchev–Trinajstić information content (AvgIpc) is 2.28. The van der Waals surface area contributed by atoms with Crippen LogP contribution in [0.4, 0.5) is 0 Å². The lowest BCUT2D eigenvalue weighted by molar-refractivity contribution is 0.339. The molecule has 100 valence electrons. The van der Waals surface area contributed by atoms with Gasteiger partial charge in [0, 0.05) is 0 Å². The smallest absolute Gasteiger partial charge is 0.0417 e. The van der Waals surface area contributed by atoms with Gasteiger partial charge in [-0.1, -0.05) is 92.9 Å². The zero-order valence-corrected chi connectivity index (χ0v) is 12.8. The first-order valence-electron chi connectivity index (χ1n) is 7.63. The van der Waals surface area contributed by atoms with Crippen molar-refractivity contribution >= 4 is 0 Å². The van der Waals surface area contributed by atoms with Gasteiger partial charge in [0.2, 0.25) is 0 Å². The topological polar surface area (TPSA) is 0 Å². The van der Waals surface area contributed by atoms with Crippen LogP contribution in [0.25, 0.3) is 0 Å². The van der Waals surface area contributed by atoms with Gasteiger partial charge < -0.3 is 0 Å². The molecule has 0 saturated carbocycles. The first-order chi connectivity index (χ1) is 7.63. The van der Waals surface area contributed by atoms with Crippen molar-refractivity contribution in [3.63, 3.8) is 0 Å². The van der Waals surface area contributed by atoms with Crippen molar-refractivity contribution in [3.05, 3.63) is 0 Å². The Balaban J connectivity index is 0. The standard InChI is InChI=1S/C10H22.C6H14/c1-5-7-9(3)10(4)8-6-2;1-3-5-6-4-2/h9-10H,5-8H2,1-4H3;3-6H2,1-2H3. The molecule has 0 aromatic carbocycles. The van der Waals surface area contributed by atoms with E-state index in [0.29, 0.717) is 0 Å². The molecule has 0 amide bonds. The van der Waals surface area contributed by atoms with Crippen molar-refractivity contribution < 1.29 is 0 Å². The van der Waals surface area contributed by atoms with Crippen molar-refractivity contribution in [2.24, 2.45) is 11.8 Å². The molecule has 0 nitrogen and oxygen atoms in total. The van der Waals surface area contributed by atoms with Crippen LogP contribution in [-0.4, -0.2) is 0 Å². The van der Waals surface area contributed by atoms with Crippen LogP contribution in [0.2, 0.25) is 0 Å². The SMILES string of the molecule is CCCC(C)C(C)CCC.CCCCCC. The summed E-state index contributed by atoms with van der Waals surface area (Å²) in [5.74, 6) is 1.87. The fourth-order valence-corrected chi connectivity index (χ4v) is 1.98. The zero-order chi connectivity index (χ0) is 12.8. The van der Waals surface area contributed by atoms with Gasteiger partial charge in [-0.25, -0.2) is 0 Å². The summed E-state index contributed by atoms with van der Waals surface area (Å²) in [4.78, 5) is 0. The predicted octanol–water partition coefficient (Wildman–Crippen LogP) is 6.45. The number of unbranched alkanes of at least 4 members (excludes halogenated alkanes) is 3. The van der Waals surface area contributed by atoms with Crippen LogP contribution in [0.1, 0.15) is 92.9 Å². The molecular weight excluding hydrogens is 192 g/mol. The molecule has 16 heavy (non-hydrogen) atoms. The Morgan fingerprint density at radius 3 is 1.06 bits per heavy atom. The quantitative estimate of drug-likeness (QED) is 0.419. The molecule has 2 atom stereocenters. The molecule has 0 N–H and O–H groups in total. The van der Waals surface area contributed by atoms with Gasteiger partial charge in [-0.15, -0.1) is 0 Å². The summed E-state index contributed by atoms with van der Waals surface area (Å²) in [6.07, 6.45) is 11.0. The van der Waals surface area contributed by atoms with Gasteiger partial charge in [-0.3, -0.25) is 0 Å². The Kier molecular flexibility index (Phi) is 17.2. The third kappa shape index (κ3) is 14.0. The van der Waals surface area contributed by atoms with E-state index < -0.39 is 0 Å².